The molecule has 2 fully saturated rings. The van der Waals surface area contributed by atoms with E-state index in [0.29, 0.717) is 18.6 Å². The van der Waals surface area contributed by atoms with Gasteiger partial charge in [0.1, 0.15) is 0 Å². The predicted molar refractivity (Wildman–Crippen MR) is 103 cm³/mol. The molecule has 6 heteroatoms. The highest BCUT2D eigenvalue weighted by molar-refractivity contribution is 5.73. The Morgan fingerprint density at radius 2 is 2.04 bits per heavy atom. The molecule has 1 aromatic carbocycles. The first-order chi connectivity index (χ1) is 12.5. The van der Waals surface area contributed by atoms with Gasteiger partial charge in [0.2, 0.25) is 0 Å². The van der Waals surface area contributed by atoms with E-state index in [1.807, 2.05) is 11.0 Å². The SMILES string of the molecule is COc1ccc(N2CCN(C(N)=O)[C@@H](CC(C)C)C2)cc1OC1CCC1. The van der Waals surface area contributed by atoms with Crippen LogP contribution in [0, 0.1) is 5.92 Å². The smallest absolute Gasteiger partial charge is 0.315 e. The average molecular weight is 361 g/mol. The summed E-state index contributed by atoms with van der Waals surface area (Å²) in [6, 6.07) is 5.93. The number of nitrogens with zero attached hydrogens (tertiary/aromatic N) is 2. The summed E-state index contributed by atoms with van der Waals surface area (Å²) in [7, 11) is 1.67. The van der Waals surface area contributed by atoms with E-state index in [1.165, 1.54) is 6.42 Å². The molecule has 1 aliphatic heterocycles. The van der Waals surface area contributed by atoms with Gasteiger partial charge < -0.3 is 25.0 Å². The van der Waals surface area contributed by atoms with E-state index in [-0.39, 0.29) is 12.1 Å². The number of hydrogen-bond donors (Lipinski definition) is 1. The van der Waals surface area contributed by atoms with Crippen molar-refractivity contribution < 1.29 is 14.3 Å². The summed E-state index contributed by atoms with van der Waals surface area (Å²) in [6.07, 6.45) is 4.71. The maximum atomic E-state index is 11.8. The highest BCUT2D eigenvalue weighted by Gasteiger charge is 2.30. The fraction of sp³-hybridized carbons (Fsp3) is 0.650. The van der Waals surface area contributed by atoms with Crippen molar-refractivity contribution in [3.05, 3.63) is 18.2 Å². The van der Waals surface area contributed by atoms with E-state index >= 15 is 0 Å². The van der Waals surface area contributed by atoms with E-state index in [9.17, 15) is 4.79 Å². The Hall–Kier alpha value is -2.11. The highest BCUT2D eigenvalue weighted by atomic mass is 16.5. The van der Waals surface area contributed by atoms with E-state index < -0.39 is 0 Å². The minimum atomic E-state index is -0.320. The van der Waals surface area contributed by atoms with Gasteiger partial charge in [-0.2, -0.15) is 0 Å². The van der Waals surface area contributed by atoms with E-state index in [2.05, 4.69) is 30.9 Å². The van der Waals surface area contributed by atoms with Gasteiger partial charge in [-0.25, -0.2) is 4.79 Å². The second-order valence-electron chi connectivity index (χ2n) is 7.77. The minimum Gasteiger partial charge on any atom is -0.493 e. The average Bonchev–Trinajstić information content (AvgIpc) is 2.57. The first-order valence-corrected chi connectivity index (χ1v) is 9.63. The van der Waals surface area contributed by atoms with Crippen molar-refractivity contribution in [1.82, 2.24) is 4.90 Å². The molecule has 2 aliphatic rings. The van der Waals surface area contributed by atoms with Crippen molar-refractivity contribution in [3.8, 4) is 11.5 Å². The number of anilines is 1. The normalized spacial score (nSPS) is 20.8. The van der Waals surface area contributed by atoms with Crippen LogP contribution in [-0.4, -0.2) is 49.8 Å². The third kappa shape index (κ3) is 4.17. The number of methoxy groups -OCH3 is 1. The number of primary amides is 1. The summed E-state index contributed by atoms with van der Waals surface area (Å²) < 4.78 is 11.6. The van der Waals surface area contributed by atoms with E-state index in [4.69, 9.17) is 15.2 Å². The molecule has 3 rings (SSSR count). The lowest BCUT2D eigenvalue weighted by Gasteiger charge is -2.42. The standard InChI is InChI=1S/C20H31N3O3/c1-14(2)11-16-13-22(9-10-23(16)20(21)24)15-7-8-18(25-3)19(12-15)26-17-5-4-6-17/h7-8,12,14,16-17H,4-6,9-11,13H2,1-3H3,(H2,21,24)/t16-/m0/s1. The quantitative estimate of drug-likeness (QED) is 0.844. The van der Waals surface area contributed by atoms with Gasteiger partial charge in [0, 0.05) is 31.4 Å². The fourth-order valence-corrected chi connectivity index (χ4v) is 3.75. The van der Waals surface area contributed by atoms with Crippen molar-refractivity contribution in [2.24, 2.45) is 11.7 Å². The van der Waals surface area contributed by atoms with Gasteiger partial charge in [0.25, 0.3) is 0 Å². The first-order valence-electron chi connectivity index (χ1n) is 9.63. The van der Waals surface area contributed by atoms with Gasteiger partial charge >= 0.3 is 6.03 Å². The molecular formula is C20H31N3O3. The third-order valence-corrected chi connectivity index (χ3v) is 5.37. The van der Waals surface area contributed by atoms with Gasteiger partial charge in [0.05, 0.1) is 19.3 Å². The summed E-state index contributed by atoms with van der Waals surface area (Å²) in [5.74, 6) is 2.10. The van der Waals surface area contributed by atoms with Crippen LogP contribution in [0.1, 0.15) is 39.5 Å². The van der Waals surface area contributed by atoms with Crippen molar-refractivity contribution in [2.45, 2.75) is 51.7 Å². The van der Waals surface area contributed by atoms with Crippen LogP contribution in [0.25, 0.3) is 0 Å². The number of urea groups is 1. The van der Waals surface area contributed by atoms with Crippen LogP contribution in [0.3, 0.4) is 0 Å². The summed E-state index contributed by atoms with van der Waals surface area (Å²) in [4.78, 5) is 15.9. The van der Waals surface area contributed by atoms with Crippen LogP contribution < -0.4 is 20.1 Å². The maximum absolute atomic E-state index is 11.8. The van der Waals surface area contributed by atoms with Crippen LogP contribution in [0.15, 0.2) is 18.2 Å². The monoisotopic (exact) mass is 361 g/mol. The number of rotatable bonds is 6. The molecule has 1 aromatic rings. The summed E-state index contributed by atoms with van der Waals surface area (Å²) in [5, 5.41) is 0. The molecule has 0 spiro atoms. The molecule has 0 bridgehead atoms. The second kappa shape index (κ2) is 8.06. The topological polar surface area (TPSA) is 68.0 Å². The Bertz CT molecular complexity index is 631. The summed E-state index contributed by atoms with van der Waals surface area (Å²) in [6.45, 7) is 6.56. The minimum absolute atomic E-state index is 0.138. The van der Waals surface area contributed by atoms with E-state index in [1.54, 1.807) is 7.11 Å². The number of hydrogen-bond acceptors (Lipinski definition) is 4. The van der Waals surface area contributed by atoms with Gasteiger partial charge in [-0.3, -0.25) is 0 Å². The number of ether oxygens (including phenoxy) is 2. The zero-order chi connectivity index (χ0) is 18.7. The maximum Gasteiger partial charge on any atom is 0.315 e. The first kappa shape index (κ1) is 18.7. The Morgan fingerprint density at radius 1 is 1.27 bits per heavy atom. The van der Waals surface area contributed by atoms with Crippen LogP contribution >= 0.6 is 0 Å². The molecule has 2 amide bonds. The zero-order valence-corrected chi connectivity index (χ0v) is 16.1. The Balaban J connectivity index is 1.77. The van der Waals surface area contributed by atoms with Crippen LogP contribution in [0.2, 0.25) is 0 Å². The third-order valence-electron chi connectivity index (χ3n) is 5.37. The molecule has 1 heterocycles. The van der Waals surface area contributed by atoms with Gasteiger partial charge in [-0.15, -0.1) is 0 Å². The van der Waals surface area contributed by atoms with Crippen molar-refractivity contribution in [1.29, 1.82) is 0 Å². The number of amides is 2. The summed E-state index contributed by atoms with van der Waals surface area (Å²) >= 11 is 0. The van der Waals surface area contributed by atoms with Crippen molar-refractivity contribution >= 4 is 11.7 Å². The largest absolute Gasteiger partial charge is 0.493 e. The number of piperazine rings is 1. The molecule has 1 saturated carbocycles. The Morgan fingerprint density at radius 3 is 2.62 bits per heavy atom. The van der Waals surface area contributed by atoms with Gasteiger partial charge in [-0.1, -0.05) is 13.8 Å². The number of nitrogens with two attached hydrogens (primary N) is 1. The van der Waals surface area contributed by atoms with E-state index in [0.717, 1.165) is 49.5 Å². The fourth-order valence-electron chi connectivity index (χ4n) is 3.75. The lowest BCUT2D eigenvalue weighted by Crippen LogP contribution is -2.57. The number of carbonyl (C=O) groups is 1. The molecule has 1 atom stereocenters. The van der Waals surface area contributed by atoms with Crippen LogP contribution in [0.5, 0.6) is 11.5 Å². The molecule has 144 valence electrons. The van der Waals surface area contributed by atoms with Crippen LogP contribution in [0.4, 0.5) is 10.5 Å². The number of benzene rings is 1. The zero-order valence-electron chi connectivity index (χ0n) is 16.1. The lowest BCUT2D eigenvalue weighted by molar-refractivity contribution is 0.116. The Labute approximate surface area is 156 Å². The molecule has 26 heavy (non-hydrogen) atoms. The van der Waals surface area contributed by atoms with Crippen LogP contribution in [-0.2, 0) is 0 Å². The van der Waals surface area contributed by atoms with Crippen molar-refractivity contribution in [2.75, 3.05) is 31.6 Å². The Kier molecular flexibility index (Phi) is 5.79. The predicted octanol–water partition coefficient (Wildman–Crippen LogP) is 3.24. The second-order valence-corrected chi connectivity index (χ2v) is 7.77. The molecule has 1 saturated heterocycles. The molecular weight excluding hydrogens is 330 g/mol. The molecule has 2 N–H and O–H groups in total. The lowest BCUT2D eigenvalue weighted by atomic mass is 9.96. The van der Waals surface area contributed by atoms with Crippen molar-refractivity contribution in [3.63, 3.8) is 0 Å². The molecule has 0 unspecified atom stereocenters. The highest BCUT2D eigenvalue weighted by Crippen LogP contribution is 2.36. The molecule has 1 aliphatic carbocycles. The molecule has 0 aromatic heterocycles. The number of carbonyl (C=O) groups excluding carboxylic acids is 1. The molecule has 6 nitrogen and oxygen atoms in total. The molecule has 0 radical (unpaired) electrons. The summed E-state index contributed by atoms with van der Waals surface area (Å²) in [5.41, 5.74) is 6.70. The van der Waals surface area contributed by atoms with Gasteiger partial charge in [0.15, 0.2) is 11.5 Å². The van der Waals surface area contributed by atoms with Gasteiger partial charge in [-0.05, 0) is 43.7 Å².